The van der Waals surface area contributed by atoms with Crippen molar-refractivity contribution in [1.82, 2.24) is 10.2 Å². The van der Waals surface area contributed by atoms with E-state index in [0.29, 0.717) is 5.54 Å². The summed E-state index contributed by atoms with van der Waals surface area (Å²) < 4.78 is 0. The van der Waals surface area contributed by atoms with Gasteiger partial charge >= 0.3 is 0 Å². The predicted molar refractivity (Wildman–Crippen MR) is 82.9 cm³/mol. The summed E-state index contributed by atoms with van der Waals surface area (Å²) in [6, 6.07) is 10.8. The fraction of sp³-hybridized carbons (Fsp3) is 0.571. The molecule has 0 aromatic heterocycles. The maximum atomic E-state index is 3.62. The van der Waals surface area contributed by atoms with Crippen molar-refractivity contribution in [3.63, 3.8) is 0 Å². The van der Waals surface area contributed by atoms with E-state index in [1.807, 2.05) is 0 Å². The molecule has 0 aliphatic carbocycles. The molecule has 18 heavy (non-hydrogen) atoms. The van der Waals surface area contributed by atoms with Crippen LogP contribution in [-0.4, -0.2) is 30.1 Å². The highest BCUT2D eigenvalue weighted by atomic mass is 35.5. The van der Waals surface area contributed by atoms with Gasteiger partial charge in [-0.3, -0.25) is 4.90 Å². The smallest absolute Gasteiger partial charge is 0.0278 e. The van der Waals surface area contributed by atoms with E-state index in [4.69, 9.17) is 0 Å². The van der Waals surface area contributed by atoms with Crippen molar-refractivity contribution in [1.29, 1.82) is 0 Å². The second kappa shape index (κ2) is 8.00. The van der Waals surface area contributed by atoms with Gasteiger partial charge in [0.05, 0.1) is 0 Å². The number of hydrogen-bond donors (Lipinski definition) is 1. The average molecular weight is 291 g/mol. The highest BCUT2D eigenvalue weighted by molar-refractivity contribution is 5.85. The van der Waals surface area contributed by atoms with Gasteiger partial charge in [0.1, 0.15) is 0 Å². The molecule has 1 atom stereocenters. The Bertz CT molecular complexity index is 332. The van der Waals surface area contributed by atoms with Crippen molar-refractivity contribution in [2.24, 2.45) is 0 Å². The first kappa shape index (κ1) is 17.7. The number of nitrogens with one attached hydrogen (secondary N) is 1. The summed E-state index contributed by atoms with van der Waals surface area (Å²) in [5.74, 6) is 0. The average Bonchev–Trinajstić information content (AvgIpc) is 2.30. The van der Waals surface area contributed by atoms with Crippen molar-refractivity contribution in [3.8, 4) is 0 Å². The normalized spacial score (nSPS) is 23.9. The molecule has 1 saturated heterocycles. The van der Waals surface area contributed by atoms with Gasteiger partial charge in [-0.1, -0.05) is 37.3 Å². The second-order valence-electron chi connectivity index (χ2n) is 5.04. The van der Waals surface area contributed by atoms with Crippen LogP contribution in [0.25, 0.3) is 0 Å². The summed E-state index contributed by atoms with van der Waals surface area (Å²) in [6.07, 6.45) is 1.19. The molecule has 1 aromatic carbocycles. The first-order chi connectivity index (χ1) is 7.72. The molecule has 0 saturated carbocycles. The van der Waals surface area contributed by atoms with Crippen LogP contribution in [0.4, 0.5) is 0 Å². The van der Waals surface area contributed by atoms with Gasteiger partial charge in [0.2, 0.25) is 0 Å². The van der Waals surface area contributed by atoms with E-state index < -0.39 is 0 Å². The third-order valence-electron chi connectivity index (χ3n) is 3.58. The molecule has 2 rings (SSSR count). The van der Waals surface area contributed by atoms with Gasteiger partial charge < -0.3 is 5.32 Å². The molecule has 1 fully saturated rings. The third kappa shape index (κ3) is 4.77. The molecular formula is C14H24Cl2N2. The number of piperazine rings is 1. The summed E-state index contributed by atoms with van der Waals surface area (Å²) in [5, 5.41) is 3.62. The molecule has 1 N–H and O–H groups in total. The molecule has 104 valence electrons. The highest BCUT2D eigenvalue weighted by Gasteiger charge is 2.28. The maximum Gasteiger partial charge on any atom is 0.0278 e. The molecule has 2 nitrogen and oxygen atoms in total. The molecule has 1 unspecified atom stereocenters. The Morgan fingerprint density at radius 1 is 1.22 bits per heavy atom. The highest BCUT2D eigenvalue weighted by Crippen LogP contribution is 2.17. The predicted octanol–water partition coefficient (Wildman–Crippen LogP) is 3.10. The first-order valence-electron chi connectivity index (χ1n) is 6.23. The van der Waals surface area contributed by atoms with Crippen LogP contribution in [0, 0.1) is 0 Å². The quantitative estimate of drug-likeness (QED) is 0.920. The zero-order chi connectivity index (χ0) is 11.4. The number of nitrogens with zero attached hydrogens (tertiary/aromatic N) is 1. The summed E-state index contributed by atoms with van der Waals surface area (Å²) >= 11 is 0. The lowest BCUT2D eigenvalue weighted by atomic mass is 9.95. The van der Waals surface area contributed by atoms with Crippen molar-refractivity contribution in [3.05, 3.63) is 35.9 Å². The molecule has 1 aliphatic rings. The summed E-state index contributed by atoms with van der Waals surface area (Å²) in [4.78, 5) is 2.55. The van der Waals surface area contributed by atoms with Crippen molar-refractivity contribution in [2.45, 2.75) is 32.4 Å². The van der Waals surface area contributed by atoms with Gasteiger partial charge in [-0.05, 0) is 18.9 Å². The van der Waals surface area contributed by atoms with E-state index in [1.54, 1.807) is 0 Å². The Labute approximate surface area is 123 Å². The van der Waals surface area contributed by atoms with Crippen LogP contribution in [0.15, 0.2) is 30.3 Å². The molecule has 0 bridgehead atoms. The summed E-state index contributed by atoms with van der Waals surface area (Å²) in [6.45, 7) is 9.08. The summed E-state index contributed by atoms with van der Waals surface area (Å²) in [7, 11) is 0. The van der Waals surface area contributed by atoms with Crippen LogP contribution < -0.4 is 5.32 Å². The molecule has 1 aliphatic heterocycles. The van der Waals surface area contributed by atoms with Gasteiger partial charge in [0.15, 0.2) is 0 Å². The molecule has 0 spiro atoms. The molecule has 0 radical (unpaired) electrons. The number of rotatable bonds is 3. The lowest BCUT2D eigenvalue weighted by molar-refractivity contribution is 0.133. The lowest BCUT2D eigenvalue weighted by Gasteiger charge is -2.41. The molecule has 4 heteroatoms. The standard InChI is InChI=1S/C14H22N2.2ClH/c1-3-14(2)12-16(10-9-15-14)11-13-7-5-4-6-8-13;;/h4-8,15H,3,9-12H2,1-2H3;2*1H. The van der Waals surface area contributed by atoms with Gasteiger partial charge in [-0.2, -0.15) is 0 Å². The lowest BCUT2D eigenvalue weighted by Crippen LogP contribution is -2.58. The molecule has 1 aromatic rings. The Kier molecular flexibility index (Phi) is 7.88. The SMILES string of the molecule is CCC1(C)CN(Cc2ccccc2)CCN1.Cl.Cl. The largest absolute Gasteiger partial charge is 0.309 e. The topological polar surface area (TPSA) is 15.3 Å². The van der Waals surface area contributed by atoms with Crippen molar-refractivity contribution >= 4 is 24.8 Å². The Balaban J connectivity index is 0.00000144. The molecule has 0 amide bonds. The van der Waals surface area contributed by atoms with Gasteiger partial charge in [0, 0.05) is 31.7 Å². The zero-order valence-electron chi connectivity index (χ0n) is 11.2. The van der Waals surface area contributed by atoms with E-state index >= 15 is 0 Å². The van der Waals surface area contributed by atoms with Gasteiger partial charge in [-0.15, -0.1) is 24.8 Å². The van der Waals surface area contributed by atoms with Crippen molar-refractivity contribution < 1.29 is 0 Å². The van der Waals surface area contributed by atoms with Crippen LogP contribution in [0.3, 0.4) is 0 Å². The second-order valence-corrected chi connectivity index (χ2v) is 5.04. The van der Waals surface area contributed by atoms with Crippen LogP contribution >= 0.6 is 24.8 Å². The fourth-order valence-electron chi connectivity index (χ4n) is 2.36. The van der Waals surface area contributed by atoms with Crippen LogP contribution in [-0.2, 0) is 6.54 Å². The van der Waals surface area contributed by atoms with E-state index in [1.165, 1.54) is 12.0 Å². The van der Waals surface area contributed by atoms with Gasteiger partial charge in [0.25, 0.3) is 0 Å². The Morgan fingerprint density at radius 2 is 1.89 bits per heavy atom. The maximum absolute atomic E-state index is 3.62. The zero-order valence-corrected chi connectivity index (χ0v) is 12.8. The van der Waals surface area contributed by atoms with E-state index in [2.05, 4.69) is 54.4 Å². The minimum absolute atomic E-state index is 0. The van der Waals surface area contributed by atoms with Crippen LogP contribution in [0.5, 0.6) is 0 Å². The molecule has 1 heterocycles. The monoisotopic (exact) mass is 290 g/mol. The van der Waals surface area contributed by atoms with E-state index in [0.717, 1.165) is 26.2 Å². The van der Waals surface area contributed by atoms with Crippen molar-refractivity contribution in [2.75, 3.05) is 19.6 Å². The van der Waals surface area contributed by atoms with Crippen LogP contribution in [0.1, 0.15) is 25.8 Å². The third-order valence-corrected chi connectivity index (χ3v) is 3.58. The Hall–Kier alpha value is -0.280. The number of benzene rings is 1. The summed E-state index contributed by atoms with van der Waals surface area (Å²) in [5.41, 5.74) is 1.72. The fourth-order valence-corrected chi connectivity index (χ4v) is 2.36. The van der Waals surface area contributed by atoms with Gasteiger partial charge in [-0.25, -0.2) is 0 Å². The number of hydrogen-bond acceptors (Lipinski definition) is 2. The minimum atomic E-state index is 0. The molecular weight excluding hydrogens is 267 g/mol. The Morgan fingerprint density at radius 3 is 2.50 bits per heavy atom. The first-order valence-corrected chi connectivity index (χ1v) is 6.23. The number of halogens is 2. The van der Waals surface area contributed by atoms with E-state index in [-0.39, 0.29) is 24.8 Å². The van der Waals surface area contributed by atoms with E-state index in [9.17, 15) is 0 Å². The minimum Gasteiger partial charge on any atom is -0.309 e. The van der Waals surface area contributed by atoms with Crippen LogP contribution in [0.2, 0.25) is 0 Å².